The summed E-state index contributed by atoms with van der Waals surface area (Å²) in [6, 6.07) is 8.10. The summed E-state index contributed by atoms with van der Waals surface area (Å²) >= 11 is 1.85. The molecule has 24 heavy (non-hydrogen) atoms. The Morgan fingerprint density at radius 3 is 2.62 bits per heavy atom. The zero-order chi connectivity index (χ0) is 16.9. The van der Waals surface area contributed by atoms with E-state index in [-0.39, 0.29) is 11.8 Å². The van der Waals surface area contributed by atoms with Crippen LogP contribution in [0.3, 0.4) is 0 Å². The van der Waals surface area contributed by atoms with E-state index in [1.807, 2.05) is 36.0 Å². The number of benzene rings is 1. The Kier molecular flexibility index (Phi) is 5.81. The van der Waals surface area contributed by atoms with Crippen LogP contribution in [0.5, 0.6) is 0 Å². The molecule has 5 nitrogen and oxygen atoms in total. The van der Waals surface area contributed by atoms with Crippen molar-refractivity contribution in [3.05, 3.63) is 42.0 Å². The summed E-state index contributed by atoms with van der Waals surface area (Å²) in [5.74, 6) is 1.09. The smallest absolute Gasteiger partial charge is 0.160 e. The number of thioether (sulfide) groups is 1. The molecular formula is C18H25N3O2S. The first kappa shape index (κ1) is 17.3. The molecule has 6 heteroatoms. The lowest BCUT2D eigenvalue weighted by Gasteiger charge is -2.35. The number of aliphatic imine (C=N–C) groups is 1. The molecule has 1 saturated heterocycles. The second-order valence-corrected chi connectivity index (χ2v) is 7.12. The van der Waals surface area contributed by atoms with Crippen molar-refractivity contribution in [3.8, 4) is 0 Å². The molecule has 0 bridgehead atoms. The van der Waals surface area contributed by atoms with E-state index < -0.39 is 0 Å². The van der Waals surface area contributed by atoms with Crippen LogP contribution in [0.2, 0.25) is 0 Å². The average Bonchev–Trinajstić information content (AvgIpc) is 3.10. The molecule has 0 amide bonds. The van der Waals surface area contributed by atoms with Crippen LogP contribution < -0.4 is 0 Å². The predicted octanol–water partition coefficient (Wildman–Crippen LogP) is 2.62. The number of rotatable bonds is 5. The zero-order valence-corrected chi connectivity index (χ0v) is 15.0. The molecule has 2 aliphatic rings. The number of aliphatic hydroxyl groups is 1. The van der Waals surface area contributed by atoms with Crippen LogP contribution in [-0.2, 0) is 4.74 Å². The van der Waals surface area contributed by atoms with Gasteiger partial charge in [-0.25, -0.2) is 0 Å². The van der Waals surface area contributed by atoms with E-state index in [4.69, 9.17) is 9.73 Å². The Morgan fingerprint density at radius 1 is 1.29 bits per heavy atom. The number of amidine groups is 1. The second-order valence-electron chi connectivity index (χ2n) is 6.13. The Labute approximate surface area is 148 Å². The van der Waals surface area contributed by atoms with Crippen molar-refractivity contribution < 1.29 is 9.84 Å². The highest BCUT2D eigenvalue weighted by Crippen LogP contribution is 2.32. The minimum Gasteiger partial charge on any atom is -0.508 e. The standard InChI is InChI=1S/C18H25N3O2S/c1-14(22)15-3-5-16(6-4-15)17-13-24-18(19-17)21-9-7-20(8-10-21)11-12-23-2/h3-6,17,22H,1,7-13H2,2H3. The van der Waals surface area contributed by atoms with E-state index >= 15 is 0 Å². The molecule has 0 saturated carbocycles. The van der Waals surface area contributed by atoms with Crippen LogP contribution in [0.4, 0.5) is 0 Å². The summed E-state index contributed by atoms with van der Waals surface area (Å²) in [5, 5.41) is 10.6. The van der Waals surface area contributed by atoms with Crippen LogP contribution in [0.25, 0.3) is 5.76 Å². The number of hydrogen-bond donors (Lipinski definition) is 1. The molecule has 1 N–H and O–H groups in total. The molecule has 0 aromatic heterocycles. The summed E-state index contributed by atoms with van der Waals surface area (Å²) < 4.78 is 5.15. The quantitative estimate of drug-likeness (QED) is 0.830. The third-order valence-electron chi connectivity index (χ3n) is 4.52. The monoisotopic (exact) mass is 347 g/mol. The molecular weight excluding hydrogens is 322 g/mol. The van der Waals surface area contributed by atoms with E-state index in [1.54, 1.807) is 7.11 Å². The fourth-order valence-electron chi connectivity index (χ4n) is 2.99. The van der Waals surface area contributed by atoms with Gasteiger partial charge < -0.3 is 14.7 Å². The number of nitrogens with zero attached hydrogens (tertiary/aromatic N) is 3. The van der Waals surface area contributed by atoms with Crippen LogP contribution in [0.15, 0.2) is 35.8 Å². The van der Waals surface area contributed by atoms with E-state index in [1.165, 1.54) is 10.7 Å². The first-order valence-corrected chi connectivity index (χ1v) is 9.31. The normalized spacial score (nSPS) is 21.8. The summed E-state index contributed by atoms with van der Waals surface area (Å²) in [4.78, 5) is 9.76. The molecule has 1 aromatic carbocycles. The fraction of sp³-hybridized carbons (Fsp3) is 0.500. The molecule has 1 unspecified atom stereocenters. The van der Waals surface area contributed by atoms with Gasteiger partial charge in [0.25, 0.3) is 0 Å². The zero-order valence-electron chi connectivity index (χ0n) is 14.1. The lowest BCUT2D eigenvalue weighted by atomic mass is 10.1. The maximum Gasteiger partial charge on any atom is 0.160 e. The molecule has 3 rings (SSSR count). The van der Waals surface area contributed by atoms with Crippen molar-refractivity contribution in [3.63, 3.8) is 0 Å². The molecule has 2 aliphatic heterocycles. The van der Waals surface area contributed by atoms with Gasteiger partial charge in [0.2, 0.25) is 0 Å². The number of hydrogen-bond acceptors (Lipinski definition) is 6. The molecule has 1 aromatic rings. The lowest BCUT2D eigenvalue weighted by Crippen LogP contribution is -2.48. The maximum atomic E-state index is 9.42. The predicted molar refractivity (Wildman–Crippen MR) is 101 cm³/mol. The van der Waals surface area contributed by atoms with Crippen LogP contribution in [-0.4, -0.2) is 72.3 Å². The first-order valence-electron chi connectivity index (χ1n) is 8.32. The molecule has 1 atom stereocenters. The molecule has 2 heterocycles. The van der Waals surface area contributed by atoms with Gasteiger partial charge in [0, 0.05) is 51.1 Å². The Morgan fingerprint density at radius 2 is 2.00 bits per heavy atom. The van der Waals surface area contributed by atoms with Crippen molar-refractivity contribution in [1.29, 1.82) is 0 Å². The Balaban J connectivity index is 1.57. The summed E-state index contributed by atoms with van der Waals surface area (Å²) in [5.41, 5.74) is 1.96. The third-order valence-corrected chi connectivity index (χ3v) is 5.62. The summed E-state index contributed by atoms with van der Waals surface area (Å²) in [6.07, 6.45) is 0. The van der Waals surface area contributed by atoms with Gasteiger partial charge in [-0.15, -0.1) is 0 Å². The molecule has 0 aliphatic carbocycles. The maximum absolute atomic E-state index is 9.42. The van der Waals surface area contributed by atoms with Crippen molar-refractivity contribution in [2.75, 3.05) is 52.2 Å². The number of ether oxygens (including phenoxy) is 1. The van der Waals surface area contributed by atoms with Crippen molar-refractivity contribution in [1.82, 2.24) is 9.80 Å². The van der Waals surface area contributed by atoms with E-state index in [2.05, 4.69) is 16.4 Å². The Hall–Kier alpha value is -1.50. The second kappa shape index (κ2) is 8.05. The highest BCUT2D eigenvalue weighted by molar-refractivity contribution is 8.14. The first-order chi connectivity index (χ1) is 11.7. The van der Waals surface area contributed by atoms with Crippen molar-refractivity contribution >= 4 is 22.7 Å². The van der Waals surface area contributed by atoms with Crippen molar-refractivity contribution in [2.45, 2.75) is 6.04 Å². The number of piperazine rings is 1. The minimum absolute atomic E-state index is 0.109. The van der Waals surface area contributed by atoms with Crippen molar-refractivity contribution in [2.24, 2.45) is 4.99 Å². The SMILES string of the molecule is C=C(O)c1ccc(C2CSC(N3CCN(CCOC)CC3)=N2)cc1. The highest BCUT2D eigenvalue weighted by atomic mass is 32.2. The number of aliphatic hydroxyl groups excluding tert-OH is 1. The number of methoxy groups -OCH3 is 1. The van der Waals surface area contributed by atoms with Gasteiger partial charge in [-0.2, -0.15) is 0 Å². The third kappa shape index (κ3) is 4.12. The fourth-order valence-corrected chi connectivity index (χ4v) is 4.13. The van der Waals surface area contributed by atoms with Gasteiger partial charge in [0.15, 0.2) is 5.17 Å². The minimum atomic E-state index is 0.109. The largest absolute Gasteiger partial charge is 0.508 e. The molecule has 0 spiro atoms. The topological polar surface area (TPSA) is 48.3 Å². The van der Waals surface area contributed by atoms with Gasteiger partial charge >= 0.3 is 0 Å². The molecule has 0 radical (unpaired) electrons. The van der Waals surface area contributed by atoms with Gasteiger partial charge in [-0.1, -0.05) is 42.6 Å². The van der Waals surface area contributed by atoms with E-state index in [9.17, 15) is 5.11 Å². The van der Waals surface area contributed by atoms with Crippen LogP contribution in [0.1, 0.15) is 17.2 Å². The summed E-state index contributed by atoms with van der Waals surface area (Å²) in [7, 11) is 1.75. The average molecular weight is 347 g/mol. The van der Waals surface area contributed by atoms with Gasteiger partial charge in [-0.05, 0) is 5.56 Å². The van der Waals surface area contributed by atoms with Gasteiger partial charge in [-0.3, -0.25) is 9.89 Å². The summed E-state index contributed by atoms with van der Waals surface area (Å²) in [6.45, 7) is 9.57. The van der Waals surface area contributed by atoms with Gasteiger partial charge in [0.05, 0.1) is 12.6 Å². The van der Waals surface area contributed by atoms with E-state index in [0.717, 1.165) is 50.6 Å². The van der Waals surface area contributed by atoms with E-state index in [0.29, 0.717) is 0 Å². The van der Waals surface area contributed by atoms with Crippen LogP contribution in [0, 0.1) is 0 Å². The van der Waals surface area contributed by atoms with Crippen LogP contribution >= 0.6 is 11.8 Å². The molecule has 130 valence electrons. The molecule has 1 fully saturated rings. The highest BCUT2D eigenvalue weighted by Gasteiger charge is 2.26. The lowest BCUT2D eigenvalue weighted by molar-refractivity contribution is 0.121. The van der Waals surface area contributed by atoms with Gasteiger partial charge in [0.1, 0.15) is 5.76 Å². The Bertz CT molecular complexity index is 595.